The Morgan fingerprint density at radius 1 is 0.906 bits per heavy atom. The van der Waals surface area contributed by atoms with Gasteiger partial charge in [0.05, 0.1) is 4.90 Å². The molecule has 0 aliphatic carbocycles. The number of benzene rings is 3. The number of carbonyl (C=O) groups excluding carboxylic acids is 1. The average Bonchev–Trinajstić information content (AvgIpc) is 2.80. The second kappa shape index (κ2) is 9.18. The zero-order valence-electron chi connectivity index (χ0n) is 17.0. The van der Waals surface area contributed by atoms with Crippen LogP contribution in [0, 0.1) is 5.82 Å². The predicted molar refractivity (Wildman–Crippen MR) is 123 cm³/mol. The number of rotatable bonds is 5. The summed E-state index contributed by atoms with van der Waals surface area (Å²) < 4.78 is 40.9. The summed E-state index contributed by atoms with van der Waals surface area (Å²) in [6, 6.07) is 18.5. The van der Waals surface area contributed by atoms with Gasteiger partial charge < -0.3 is 9.80 Å². The third kappa shape index (κ3) is 5.03. The lowest BCUT2D eigenvalue weighted by Crippen LogP contribution is -2.48. The summed E-state index contributed by atoms with van der Waals surface area (Å²) in [5.41, 5.74) is 1.54. The van der Waals surface area contributed by atoms with Crippen LogP contribution >= 0.6 is 11.6 Å². The molecule has 166 valence electrons. The van der Waals surface area contributed by atoms with Crippen LogP contribution in [0.2, 0.25) is 5.02 Å². The molecule has 9 heteroatoms. The largest absolute Gasteiger partial charge is 0.368 e. The van der Waals surface area contributed by atoms with Gasteiger partial charge in [0.2, 0.25) is 0 Å². The zero-order chi connectivity index (χ0) is 22.7. The summed E-state index contributed by atoms with van der Waals surface area (Å²) in [7, 11) is -3.93. The van der Waals surface area contributed by atoms with Crippen molar-refractivity contribution in [1.82, 2.24) is 4.90 Å². The number of anilines is 2. The Morgan fingerprint density at radius 2 is 1.59 bits per heavy atom. The Bertz CT molecular complexity index is 1230. The van der Waals surface area contributed by atoms with Crippen molar-refractivity contribution in [3.05, 3.63) is 89.2 Å². The van der Waals surface area contributed by atoms with Crippen molar-refractivity contribution in [1.29, 1.82) is 0 Å². The minimum Gasteiger partial charge on any atom is -0.368 e. The molecule has 4 rings (SSSR count). The fourth-order valence-corrected chi connectivity index (χ4v) is 4.84. The molecule has 32 heavy (non-hydrogen) atoms. The number of sulfonamides is 1. The van der Waals surface area contributed by atoms with Crippen LogP contribution in [0.5, 0.6) is 0 Å². The van der Waals surface area contributed by atoms with E-state index < -0.39 is 15.8 Å². The smallest absolute Gasteiger partial charge is 0.261 e. The van der Waals surface area contributed by atoms with Gasteiger partial charge >= 0.3 is 0 Å². The van der Waals surface area contributed by atoms with Crippen LogP contribution in [-0.4, -0.2) is 45.4 Å². The highest BCUT2D eigenvalue weighted by molar-refractivity contribution is 7.92. The number of hydrogen-bond acceptors (Lipinski definition) is 4. The molecule has 1 fully saturated rings. The van der Waals surface area contributed by atoms with Crippen LogP contribution < -0.4 is 9.62 Å². The molecule has 0 aromatic heterocycles. The standard InChI is InChI=1S/C23H21ClFN3O3S/c24-18-4-2-5-21(16-18)27-11-13-28(14-12-27)23(29)17-3-1-6-22(15-17)32(30,31)26-20-9-7-19(25)8-10-20/h1-10,15-16,26H,11-14H2. The predicted octanol–water partition coefficient (Wildman–Crippen LogP) is 4.24. The van der Waals surface area contributed by atoms with Gasteiger partial charge in [0.25, 0.3) is 15.9 Å². The Kier molecular flexibility index (Phi) is 6.34. The van der Waals surface area contributed by atoms with E-state index in [4.69, 9.17) is 11.6 Å². The molecule has 0 spiro atoms. The summed E-state index contributed by atoms with van der Waals surface area (Å²) in [5, 5.41) is 0.660. The van der Waals surface area contributed by atoms with Crippen LogP contribution in [0.4, 0.5) is 15.8 Å². The van der Waals surface area contributed by atoms with Crippen molar-refractivity contribution >= 4 is 38.9 Å². The quantitative estimate of drug-likeness (QED) is 0.601. The van der Waals surface area contributed by atoms with Gasteiger partial charge in [-0.05, 0) is 60.7 Å². The molecule has 6 nitrogen and oxygen atoms in total. The molecular formula is C23H21ClFN3O3S. The average molecular weight is 474 g/mol. The molecule has 3 aromatic rings. The molecule has 1 saturated heterocycles. The van der Waals surface area contributed by atoms with Crippen molar-refractivity contribution in [2.24, 2.45) is 0 Å². The molecular weight excluding hydrogens is 453 g/mol. The second-order valence-electron chi connectivity index (χ2n) is 7.40. The molecule has 1 heterocycles. The lowest BCUT2D eigenvalue weighted by Gasteiger charge is -2.36. The maximum Gasteiger partial charge on any atom is 0.261 e. The van der Waals surface area contributed by atoms with E-state index in [0.29, 0.717) is 36.8 Å². The fraction of sp³-hybridized carbons (Fsp3) is 0.174. The SMILES string of the molecule is O=C(c1cccc(S(=O)(=O)Nc2ccc(F)cc2)c1)N1CCN(c2cccc(Cl)c2)CC1. The molecule has 0 saturated carbocycles. The summed E-state index contributed by atoms with van der Waals surface area (Å²) >= 11 is 6.07. The fourth-order valence-electron chi connectivity index (χ4n) is 3.55. The van der Waals surface area contributed by atoms with Crippen LogP contribution in [0.1, 0.15) is 10.4 Å². The van der Waals surface area contributed by atoms with Crippen molar-refractivity contribution in [2.45, 2.75) is 4.90 Å². The molecule has 1 amide bonds. The highest BCUT2D eigenvalue weighted by Crippen LogP contribution is 2.22. The van der Waals surface area contributed by atoms with Gasteiger partial charge in [-0.15, -0.1) is 0 Å². The summed E-state index contributed by atoms with van der Waals surface area (Å²) in [6.45, 7) is 2.32. The van der Waals surface area contributed by atoms with Crippen LogP contribution in [0.25, 0.3) is 0 Å². The van der Waals surface area contributed by atoms with Gasteiger partial charge in [-0.1, -0.05) is 23.7 Å². The maximum absolute atomic E-state index is 13.1. The Labute approximate surface area is 191 Å². The maximum atomic E-state index is 13.1. The van der Waals surface area contributed by atoms with Crippen LogP contribution in [0.3, 0.4) is 0 Å². The molecule has 1 aliphatic rings. The minimum atomic E-state index is -3.93. The number of halogens is 2. The van der Waals surface area contributed by atoms with Crippen molar-refractivity contribution in [3.8, 4) is 0 Å². The molecule has 1 aliphatic heterocycles. The van der Waals surface area contributed by atoms with E-state index in [-0.39, 0.29) is 16.5 Å². The van der Waals surface area contributed by atoms with Crippen molar-refractivity contribution < 1.29 is 17.6 Å². The van der Waals surface area contributed by atoms with Gasteiger partial charge in [0, 0.05) is 48.1 Å². The van der Waals surface area contributed by atoms with Crippen LogP contribution in [-0.2, 0) is 10.0 Å². The van der Waals surface area contributed by atoms with Crippen molar-refractivity contribution in [2.75, 3.05) is 35.8 Å². The molecule has 0 atom stereocenters. The van der Waals surface area contributed by atoms with E-state index in [2.05, 4.69) is 9.62 Å². The first-order valence-corrected chi connectivity index (χ1v) is 11.9. The van der Waals surface area contributed by atoms with Gasteiger partial charge in [0.15, 0.2) is 0 Å². The highest BCUT2D eigenvalue weighted by atomic mass is 35.5. The summed E-state index contributed by atoms with van der Waals surface area (Å²) in [6.07, 6.45) is 0. The number of piperazine rings is 1. The lowest BCUT2D eigenvalue weighted by molar-refractivity contribution is 0.0746. The van der Waals surface area contributed by atoms with Crippen molar-refractivity contribution in [3.63, 3.8) is 0 Å². The van der Waals surface area contributed by atoms with Gasteiger partial charge in [-0.25, -0.2) is 12.8 Å². The molecule has 0 bridgehead atoms. The van der Waals surface area contributed by atoms with Gasteiger partial charge in [-0.3, -0.25) is 9.52 Å². The Hall–Kier alpha value is -3.10. The number of nitrogens with one attached hydrogen (secondary N) is 1. The number of nitrogens with zero attached hydrogens (tertiary/aromatic N) is 2. The Morgan fingerprint density at radius 3 is 2.28 bits per heavy atom. The van der Waals surface area contributed by atoms with E-state index in [1.54, 1.807) is 11.0 Å². The van der Waals surface area contributed by atoms with Gasteiger partial charge in [-0.2, -0.15) is 0 Å². The third-order valence-corrected chi connectivity index (χ3v) is 6.84. The van der Waals surface area contributed by atoms with Gasteiger partial charge in [0.1, 0.15) is 5.82 Å². The molecule has 0 radical (unpaired) electrons. The van der Waals surface area contributed by atoms with Crippen LogP contribution in [0.15, 0.2) is 77.7 Å². The summed E-state index contributed by atoms with van der Waals surface area (Å²) in [4.78, 5) is 16.8. The second-order valence-corrected chi connectivity index (χ2v) is 9.52. The zero-order valence-corrected chi connectivity index (χ0v) is 18.6. The first-order chi connectivity index (χ1) is 15.3. The monoisotopic (exact) mass is 473 g/mol. The molecule has 3 aromatic carbocycles. The van der Waals surface area contributed by atoms with E-state index >= 15 is 0 Å². The highest BCUT2D eigenvalue weighted by Gasteiger charge is 2.24. The Balaban J connectivity index is 1.45. The van der Waals surface area contributed by atoms with E-state index in [9.17, 15) is 17.6 Å². The topological polar surface area (TPSA) is 69.7 Å². The van der Waals surface area contributed by atoms with E-state index in [1.807, 2.05) is 24.3 Å². The number of hydrogen-bond donors (Lipinski definition) is 1. The molecule has 1 N–H and O–H groups in total. The van der Waals surface area contributed by atoms with E-state index in [0.717, 1.165) is 5.69 Å². The summed E-state index contributed by atoms with van der Waals surface area (Å²) in [5.74, 6) is -0.689. The first-order valence-electron chi connectivity index (χ1n) is 10.00. The normalized spacial score (nSPS) is 14.3. The number of carbonyl (C=O) groups is 1. The molecule has 0 unspecified atom stereocenters. The minimum absolute atomic E-state index is 0.0368. The number of amides is 1. The first kappa shape index (κ1) is 22.1. The lowest BCUT2D eigenvalue weighted by atomic mass is 10.1. The van der Waals surface area contributed by atoms with E-state index in [1.165, 1.54) is 42.5 Å². The third-order valence-electron chi connectivity index (χ3n) is 5.23.